The highest BCUT2D eigenvalue weighted by Gasteiger charge is 2.58. The topological polar surface area (TPSA) is 0 Å². The van der Waals surface area contributed by atoms with E-state index in [4.69, 9.17) is 0 Å². The summed E-state index contributed by atoms with van der Waals surface area (Å²) in [6.07, 6.45) is 17.4. The van der Waals surface area contributed by atoms with Gasteiger partial charge in [-0.05, 0) is 104 Å². The molecule has 4 aliphatic rings. The average molecular weight is 401 g/mol. The quantitative estimate of drug-likeness (QED) is 0.414. The van der Waals surface area contributed by atoms with Crippen LogP contribution in [0.2, 0.25) is 0 Å². The smallest absolute Gasteiger partial charge is 0.00851 e. The Labute approximate surface area is 183 Å². The Hall–Kier alpha value is -0.260. The van der Waals surface area contributed by atoms with Crippen LogP contribution in [0.4, 0.5) is 0 Å². The molecule has 29 heavy (non-hydrogen) atoms. The molecule has 4 rings (SSSR count). The molecule has 0 saturated heterocycles. The Morgan fingerprint density at radius 1 is 0.966 bits per heavy atom. The van der Waals surface area contributed by atoms with Gasteiger partial charge in [-0.1, -0.05) is 79.9 Å². The molecule has 8 atom stereocenters. The summed E-state index contributed by atoms with van der Waals surface area (Å²) in [6.45, 7) is 19.3. The van der Waals surface area contributed by atoms with Gasteiger partial charge in [0, 0.05) is 0 Å². The zero-order chi connectivity index (χ0) is 21.4. The van der Waals surface area contributed by atoms with Gasteiger partial charge in [-0.2, -0.15) is 0 Å². The maximum atomic E-state index is 2.74. The first-order chi connectivity index (χ1) is 13.6. The van der Waals surface area contributed by atoms with Crippen LogP contribution >= 0.6 is 0 Å². The molecule has 0 N–H and O–H groups in total. The molecule has 3 saturated carbocycles. The third-order valence-corrected chi connectivity index (χ3v) is 9.85. The first-order valence-corrected chi connectivity index (χ1v) is 13.3. The molecule has 0 aromatic carbocycles. The van der Waals surface area contributed by atoms with E-state index in [2.05, 4.69) is 61.5 Å². The summed E-state index contributed by atoms with van der Waals surface area (Å²) in [6, 6.07) is 0. The van der Waals surface area contributed by atoms with E-state index >= 15 is 0 Å². The number of rotatable bonds is 3. The van der Waals surface area contributed by atoms with Crippen LogP contribution in [-0.4, -0.2) is 0 Å². The van der Waals surface area contributed by atoms with Crippen LogP contribution in [0.1, 0.15) is 120 Å². The second-order valence-electron chi connectivity index (χ2n) is 12.8. The number of fused-ring (bicyclic) bond motifs is 5. The third kappa shape index (κ3) is 4.39. The standard InChI is InChI=1S/C25H42.C4H10/c1-6-7-18(3)21-10-11-22-20-9-8-19-16-17(2)12-14-24(19,4)23(20)13-15-25(21,22)5;1-4(2)3/h8,17-18,20-23H,6-7,9-16H2,1-5H3;4H,1-3H3. The van der Waals surface area contributed by atoms with Crippen molar-refractivity contribution >= 4 is 0 Å². The first kappa shape index (κ1) is 23.4. The molecule has 0 heteroatoms. The van der Waals surface area contributed by atoms with Gasteiger partial charge in [-0.25, -0.2) is 0 Å². The van der Waals surface area contributed by atoms with Gasteiger partial charge in [-0.3, -0.25) is 0 Å². The van der Waals surface area contributed by atoms with E-state index in [0.717, 1.165) is 41.4 Å². The van der Waals surface area contributed by atoms with Crippen LogP contribution in [0.25, 0.3) is 0 Å². The lowest BCUT2D eigenvalue weighted by Gasteiger charge is -2.58. The van der Waals surface area contributed by atoms with E-state index in [9.17, 15) is 0 Å². The predicted octanol–water partition coefficient (Wildman–Crippen LogP) is 9.30. The number of allylic oxidation sites excluding steroid dienone is 2. The summed E-state index contributed by atoms with van der Waals surface area (Å²) in [5, 5.41) is 0. The molecule has 0 radical (unpaired) electrons. The van der Waals surface area contributed by atoms with Gasteiger partial charge in [-0.15, -0.1) is 0 Å². The lowest BCUT2D eigenvalue weighted by Crippen LogP contribution is -2.50. The fourth-order valence-electron chi connectivity index (χ4n) is 8.47. The molecule has 0 amide bonds. The van der Waals surface area contributed by atoms with E-state index in [0.29, 0.717) is 10.8 Å². The molecule has 0 aliphatic heterocycles. The van der Waals surface area contributed by atoms with Gasteiger partial charge in [0.15, 0.2) is 0 Å². The lowest BCUT2D eigenvalue weighted by molar-refractivity contribution is -0.0521. The second-order valence-corrected chi connectivity index (χ2v) is 12.8. The van der Waals surface area contributed by atoms with Gasteiger partial charge in [0.25, 0.3) is 0 Å². The van der Waals surface area contributed by atoms with Crippen molar-refractivity contribution in [1.29, 1.82) is 0 Å². The molecule has 0 aromatic heterocycles. The van der Waals surface area contributed by atoms with Crippen molar-refractivity contribution in [2.75, 3.05) is 0 Å². The molecular formula is C29H52. The fraction of sp³-hybridized carbons (Fsp3) is 0.931. The highest BCUT2D eigenvalue weighted by Crippen LogP contribution is 2.67. The molecule has 168 valence electrons. The molecule has 0 spiro atoms. The van der Waals surface area contributed by atoms with Crippen LogP contribution < -0.4 is 0 Å². The Kier molecular flexibility index (Phi) is 7.33. The van der Waals surface area contributed by atoms with Gasteiger partial charge >= 0.3 is 0 Å². The molecular weight excluding hydrogens is 348 g/mol. The Bertz CT molecular complexity index is 568. The summed E-state index contributed by atoms with van der Waals surface area (Å²) < 4.78 is 0. The molecule has 0 bridgehead atoms. The highest BCUT2D eigenvalue weighted by molar-refractivity contribution is 5.25. The van der Waals surface area contributed by atoms with Crippen molar-refractivity contribution < 1.29 is 0 Å². The lowest BCUT2D eigenvalue weighted by atomic mass is 9.46. The molecule has 0 heterocycles. The normalized spacial score (nSPS) is 44.7. The Balaban J connectivity index is 0.000000552. The monoisotopic (exact) mass is 400 g/mol. The summed E-state index contributed by atoms with van der Waals surface area (Å²) >= 11 is 0. The average Bonchev–Trinajstić information content (AvgIpc) is 2.99. The Morgan fingerprint density at radius 2 is 1.66 bits per heavy atom. The zero-order valence-corrected chi connectivity index (χ0v) is 21.2. The van der Waals surface area contributed by atoms with Crippen molar-refractivity contribution in [3.8, 4) is 0 Å². The van der Waals surface area contributed by atoms with Crippen molar-refractivity contribution in [2.24, 2.45) is 52.3 Å². The van der Waals surface area contributed by atoms with Gasteiger partial charge < -0.3 is 0 Å². The summed E-state index contributed by atoms with van der Waals surface area (Å²) in [5.41, 5.74) is 3.08. The maximum absolute atomic E-state index is 2.74. The summed E-state index contributed by atoms with van der Waals surface area (Å²) in [5.74, 6) is 6.72. The van der Waals surface area contributed by atoms with Gasteiger partial charge in [0.1, 0.15) is 0 Å². The van der Waals surface area contributed by atoms with Crippen LogP contribution in [0.15, 0.2) is 11.6 Å². The fourth-order valence-corrected chi connectivity index (χ4v) is 8.47. The van der Waals surface area contributed by atoms with Crippen molar-refractivity contribution in [1.82, 2.24) is 0 Å². The van der Waals surface area contributed by atoms with Crippen LogP contribution in [0.5, 0.6) is 0 Å². The van der Waals surface area contributed by atoms with E-state index in [1.165, 1.54) is 64.2 Å². The van der Waals surface area contributed by atoms with Crippen molar-refractivity contribution in [2.45, 2.75) is 120 Å². The van der Waals surface area contributed by atoms with E-state index in [-0.39, 0.29) is 0 Å². The zero-order valence-electron chi connectivity index (χ0n) is 21.2. The SMILES string of the molecule is CC(C)C.CCCC(C)C1CCC2C3CC=C4CC(C)CCC4(C)C3CCC12C. The number of hydrogen-bond donors (Lipinski definition) is 0. The number of hydrogen-bond acceptors (Lipinski definition) is 0. The van der Waals surface area contributed by atoms with E-state index in [1.54, 1.807) is 0 Å². The largest absolute Gasteiger partial charge is 0.0845 e. The van der Waals surface area contributed by atoms with Crippen LogP contribution in [0, 0.1) is 52.3 Å². The predicted molar refractivity (Wildman–Crippen MR) is 129 cm³/mol. The molecule has 0 nitrogen and oxygen atoms in total. The maximum Gasteiger partial charge on any atom is -0.00851 e. The molecule has 0 aromatic rings. The molecule has 4 aliphatic carbocycles. The van der Waals surface area contributed by atoms with Gasteiger partial charge in [0.2, 0.25) is 0 Å². The molecule has 3 fully saturated rings. The highest BCUT2D eigenvalue weighted by atomic mass is 14.6. The van der Waals surface area contributed by atoms with Gasteiger partial charge in [0.05, 0.1) is 0 Å². The minimum absolute atomic E-state index is 0.559. The Morgan fingerprint density at radius 3 is 2.31 bits per heavy atom. The van der Waals surface area contributed by atoms with Crippen LogP contribution in [-0.2, 0) is 0 Å². The summed E-state index contributed by atoms with van der Waals surface area (Å²) in [7, 11) is 0. The van der Waals surface area contributed by atoms with Crippen LogP contribution in [0.3, 0.4) is 0 Å². The van der Waals surface area contributed by atoms with Crippen molar-refractivity contribution in [3.05, 3.63) is 11.6 Å². The first-order valence-electron chi connectivity index (χ1n) is 13.3. The van der Waals surface area contributed by atoms with Crippen molar-refractivity contribution in [3.63, 3.8) is 0 Å². The van der Waals surface area contributed by atoms with E-state index in [1.807, 2.05) is 5.57 Å². The third-order valence-electron chi connectivity index (χ3n) is 9.85. The summed E-state index contributed by atoms with van der Waals surface area (Å²) in [4.78, 5) is 0. The minimum atomic E-state index is 0.559. The second kappa shape index (κ2) is 9.08. The van der Waals surface area contributed by atoms with E-state index < -0.39 is 0 Å². The molecule has 8 unspecified atom stereocenters. The minimum Gasteiger partial charge on any atom is -0.0845 e.